The van der Waals surface area contributed by atoms with Crippen LogP contribution >= 0.6 is 0 Å². The zero-order valence-electron chi connectivity index (χ0n) is 17.9. The molecule has 2 radical (unpaired) electrons. The van der Waals surface area contributed by atoms with Gasteiger partial charge in [0.05, 0.1) is 11.0 Å². The minimum Gasteiger partial charge on any atom is -0.355 e. The van der Waals surface area contributed by atoms with Gasteiger partial charge >= 0.3 is 0 Å². The largest absolute Gasteiger partial charge is 0.355 e. The van der Waals surface area contributed by atoms with Crippen molar-refractivity contribution in [3.8, 4) is 16.8 Å². The molecule has 0 amide bonds. The highest BCUT2D eigenvalue weighted by atomic mass is 15.0. The lowest BCUT2D eigenvalue weighted by Crippen LogP contribution is -1.98. The van der Waals surface area contributed by atoms with Crippen molar-refractivity contribution in [2.45, 2.75) is 0 Å². The first-order valence-electron chi connectivity index (χ1n) is 11.2. The van der Waals surface area contributed by atoms with Crippen LogP contribution in [-0.4, -0.2) is 17.4 Å². The molecule has 7 aromatic rings. The molecule has 0 unspecified atom stereocenters. The molecule has 0 fully saturated rings. The normalized spacial score (nSPS) is 11.8. The molecule has 3 heteroatoms. The highest BCUT2D eigenvalue weighted by Gasteiger charge is 2.12. The van der Waals surface area contributed by atoms with Crippen LogP contribution in [0.4, 0.5) is 0 Å². The third-order valence-electron chi connectivity index (χ3n) is 6.66. The fraction of sp³-hybridized carbons (Fsp3) is 0. The minimum absolute atomic E-state index is 0.782. The lowest BCUT2D eigenvalue weighted by molar-refractivity contribution is 1.18. The molecule has 0 bridgehead atoms. The first kappa shape index (κ1) is 18.3. The third-order valence-corrected chi connectivity index (χ3v) is 6.66. The lowest BCUT2D eigenvalue weighted by atomic mass is 9.94. The van der Waals surface area contributed by atoms with E-state index in [-0.39, 0.29) is 0 Å². The Labute approximate surface area is 192 Å². The summed E-state index contributed by atoms with van der Waals surface area (Å²) in [5.41, 5.74) is 9.02. The monoisotopic (exact) mass is 418 g/mol. The van der Waals surface area contributed by atoms with Gasteiger partial charge < -0.3 is 9.55 Å². The number of aromatic amines is 1. The Balaban J connectivity index is 1.37. The van der Waals surface area contributed by atoms with E-state index in [0.717, 1.165) is 27.6 Å². The summed E-state index contributed by atoms with van der Waals surface area (Å²) in [4.78, 5) is 3.49. The number of para-hydroxylation sites is 2. The summed E-state index contributed by atoms with van der Waals surface area (Å²) >= 11 is 0. The van der Waals surface area contributed by atoms with Crippen molar-refractivity contribution in [1.82, 2.24) is 9.55 Å². The number of H-pyrrole nitrogens is 1. The molecule has 2 aromatic heterocycles. The van der Waals surface area contributed by atoms with Crippen LogP contribution in [0, 0.1) is 0 Å². The Bertz CT molecular complexity index is 1770. The summed E-state index contributed by atoms with van der Waals surface area (Å²) in [5.74, 6) is 0. The Morgan fingerprint density at radius 2 is 1.09 bits per heavy atom. The molecule has 0 saturated carbocycles. The molecule has 0 atom stereocenters. The highest BCUT2D eigenvalue weighted by Crippen LogP contribution is 2.33. The molecule has 2 heterocycles. The number of fused-ring (bicyclic) bond motifs is 6. The quantitative estimate of drug-likeness (QED) is 0.296. The lowest BCUT2D eigenvalue weighted by Gasteiger charge is -2.09. The van der Waals surface area contributed by atoms with Crippen molar-refractivity contribution in [2.75, 3.05) is 0 Å². The predicted molar refractivity (Wildman–Crippen MR) is 141 cm³/mol. The van der Waals surface area contributed by atoms with E-state index in [1.54, 1.807) is 0 Å². The van der Waals surface area contributed by atoms with E-state index in [1.165, 1.54) is 38.3 Å². The molecule has 5 aromatic carbocycles. The van der Waals surface area contributed by atoms with E-state index in [1.807, 2.05) is 18.2 Å². The van der Waals surface area contributed by atoms with Gasteiger partial charge in [0.2, 0.25) is 0 Å². The Hall–Kier alpha value is -4.24. The van der Waals surface area contributed by atoms with Crippen molar-refractivity contribution in [3.05, 3.63) is 109 Å². The molecule has 0 spiro atoms. The number of nitrogens with one attached hydrogen (secondary N) is 1. The zero-order chi connectivity index (χ0) is 21.9. The van der Waals surface area contributed by atoms with Gasteiger partial charge in [0.25, 0.3) is 0 Å². The van der Waals surface area contributed by atoms with Gasteiger partial charge in [-0.3, -0.25) is 0 Å². The highest BCUT2D eigenvalue weighted by molar-refractivity contribution is 6.33. The maximum Gasteiger partial charge on any atom is 0.113 e. The number of hydrogen-bond donors (Lipinski definition) is 1. The van der Waals surface area contributed by atoms with Crippen molar-refractivity contribution in [2.24, 2.45) is 0 Å². The van der Waals surface area contributed by atoms with Gasteiger partial charge in [0.1, 0.15) is 7.85 Å². The standard InChI is InChI=1S/C30H19BN2/c31-21-12-16-28-26(18-21)25-17-20(11-15-27(25)32-28)19-9-13-22(14-10-19)33-29-7-3-1-5-23(29)24-6-2-4-8-30(24)33/h1-18,32H. The fourth-order valence-electron chi connectivity index (χ4n) is 5.10. The van der Waals surface area contributed by atoms with Crippen LogP contribution in [0.15, 0.2) is 109 Å². The molecule has 0 saturated heterocycles. The van der Waals surface area contributed by atoms with Gasteiger partial charge in [-0.2, -0.15) is 0 Å². The van der Waals surface area contributed by atoms with Gasteiger partial charge in [-0.1, -0.05) is 72.2 Å². The Kier molecular flexibility index (Phi) is 3.83. The molecule has 33 heavy (non-hydrogen) atoms. The fourth-order valence-corrected chi connectivity index (χ4v) is 5.10. The van der Waals surface area contributed by atoms with Crippen LogP contribution in [0.5, 0.6) is 0 Å². The van der Waals surface area contributed by atoms with Gasteiger partial charge in [-0.05, 0) is 53.6 Å². The maximum atomic E-state index is 6.05. The molecule has 1 N–H and O–H groups in total. The minimum atomic E-state index is 0.782. The summed E-state index contributed by atoms with van der Waals surface area (Å²) in [6, 6.07) is 38.7. The van der Waals surface area contributed by atoms with E-state index in [0.29, 0.717) is 0 Å². The second-order valence-corrected chi connectivity index (χ2v) is 8.61. The predicted octanol–water partition coefficient (Wildman–Crippen LogP) is 6.88. The number of aromatic nitrogens is 2. The topological polar surface area (TPSA) is 20.7 Å². The SMILES string of the molecule is [B]c1ccc2[nH]c3ccc(-c4ccc(-n5c6ccccc6c6ccccc65)cc4)cc3c2c1. The van der Waals surface area contributed by atoms with Crippen LogP contribution in [-0.2, 0) is 0 Å². The molecular weight excluding hydrogens is 399 g/mol. The third kappa shape index (κ3) is 2.76. The van der Waals surface area contributed by atoms with Crippen LogP contribution in [0.3, 0.4) is 0 Å². The van der Waals surface area contributed by atoms with E-state index in [9.17, 15) is 0 Å². The molecule has 0 aliphatic carbocycles. The van der Waals surface area contributed by atoms with Crippen molar-refractivity contribution in [3.63, 3.8) is 0 Å². The van der Waals surface area contributed by atoms with Crippen LogP contribution < -0.4 is 5.46 Å². The molecule has 0 aliphatic heterocycles. The average molecular weight is 418 g/mol. The van der Waals surface area contributed by atoms with Gasteiger partial charge in [0, 0.05) is 38.3 Å². The van der Waals surface area contributed by atoms with Crippen LogP contribution in [0.25, 0.3) is 60.4 Å². The number of nitrogens with zero attached hydrogens (tertiary/aromatic N) is 1. The molecule has 152 valence electrons. The second kappa shape index (κ2) is 6.88. The average Bonchev–Trinajstić information content (AvgIpc) is 3.39. The number of rotatable bonds is 2. The summed E-state index contributed by atoms with van der Waals surface area (Å²) in [6.45, 7) is 0. The van der Waals surface area contributed by atoms with Gasteiger partial charge in [0.15, 0.2) is 0 Å². The molecule has 2 nitrogen and oxygen atoms in total. The Morgan fingerprint density at radius 1 is 0.515 bits per heavy atom. The van der Waals surface area contributed by atoms with Crippen molar-refractivity contribution < 1.29 is 0 Å². The van der Waals surface area contributed by atoms with Crippen LogP contribution in [0.1, 0.15) is 0 Å². The summed E-state index contributed by atoms with van der Waals surface area (Å²) < 4.78 is 2.35. The second-order valence-electron chi connectivity index (χ2n) is 8.61. The van der Waals surface area contributed by atoms with E-state index >= 15 is 0 Å². The molecule has 7 rings (SSSR count). The first-order valence-corrected chi connectivity index (χ1v) is 11.2. The summed E-state index contributed by atoms with van der Waals surface area (Å²) in [7, 11) is 6.05. The van der Waals surface area contributed by atoms with Crippen molar-refractivity contribution >= 4 is 56.9 Å². The summed E-state index contributed by atoms with van der Waals surface area (Å²) in [6.07, 6.45) is 0. The zero-order valence-corrected chi connectivity index (χ0v) is 17.9. The molecule has 0 aliphatic rings. The van der Waals surface area contributed by atoms with E-state index < -0.39 is 0 Å². The first-order chi connectivity index (χ1) is 16.3. The van der Waals surface area contributed by atoms with Gasteiger partial charge in [-0.15, -0.1) is 0 Å². The molecular formula is C30H19BN2. The van der Waals surface area contributed by atoms with Crippen molar-refractivity contribution in [1.29, 1.82) is 0 Å². The Morgan fingerprint density at radius 3 is 1.79 bits per heavy atom. The van der Waals surface area contributed by atoms with E-state index in [4.69, 9.17) is 7.85 Å². The van der Waals surface area contributed by atoms with Crippen LogP contribution in [0.2, 0.25) is 0 Å². The maximum absolute atomic E-state index is 6.05. The summed E-state index contributed by atoms with van der Waals surface area (Å²) in [5, 5.41) is 4.91. The smallest absolute Gasteiger partial charge is 0.113 e. The number of benzene rings is 5. The number of hydrogen-bond acceptors (Lipinski definition) is 0. The van der Waals surface area contributed by atoms with Gasteiger partial charge in [-0.25, -0.2) is 0 Å². The van der Waals surface area contributed by atoms with E-state index in [2.05, 4.69) is 101 Å².